The van der Waals surface area contributed by atoms with Gasteiger partial charge in [0.15, 0.2) is 0 Å². The first-order valence-corrected chi connectivity index (χ1v) is 12.3. The van der Waals surface area contributed by atoms with Gasteiger partial charge in [0.25, 0.3) is 5.56 Å². The van der Waals surface area contributed by atoms with E-state index in [4.69, 9.17) is 14.5 Å². The van der Waals surface area contributed by atoms with Crippen molar-refractivity contribution in [2.75, 3.05) is 49.9 Å². The van der Waals surface area contributed by atoms with Crippen molar-refractivity contribution in [1.82, 2.24) is 9.97 Å². The molecule has 1 saturated heterocycles. The van der Waals surface area contributed by atoms with Crippen molar-refractivity contribution in [3.8, 4) is 17.0 Å². The lowest BCUT2D eigenvalue weighted by Gasteiger charge is -2.28. The number of thioether (sulfide) groups is 1. The Morgan fingerprint density at radius 2 is 1.88 bits per heavy atom. The maximum absolute atomic E-state index is 12.7. The van der Waals surface area contributed by atoms with Crippen molar-refractivity contribution in [2.45, 2.75) is 4.90 Å². The molecule has 0 aliphatic carbocycles. The van der Waals surface area contributed by atoms with Crippen molar-refractivity contribution in [1.29, 1.82) is 0 Å². The van der Waals surface area contributed by atoms with Gasteiger partial charge in [-0.05, 0) is 66.2 Å². The van der Waals surface area contributed by atoms with Gasteiger partial charge < -0.3 is 24.7 Å². The summed E-state index contributed by atoms with van der Waals surface area (Å²) in [4.78, 5) is 23.7. The summed E-state index contributed by atoms with van der Waals surface area (Å²) in [6.07, 6.45) is 3.68. The Kier molecular flexibility index (Phi) is 6.42. The zero-order valence-electron chi connectivity index (χ0n) is 19.1. The molecular weight excluding hydrogens is 448 g/mol. The molecule has 4 aromatic rings. The van der Waals surface area contributed by atoms with Crippen molar-refractivity contribution in [2.24, 2.45) is 0 Å². The molecule has 34 heavy (non-hydrogen) atoms. The largest absolute Gasteiger partial charge is 0.496 e. The topological polar surface area (TPSA) is 79.5 Å². The van der Waals surface area contributed by atoms with Gasteiger partial charge in [-0.15, -0.1) is 11.8 Å². The number of methoxy groups -OCH3 is 1. The highest BCUT2D eigenvalue weighted by atomic mass is 32.2. The Bertz CT molecular complexity index is 1370. The molecule has 2 aromatic carbocycles. The lowest BCUT2D eigenvalue weighted by atomic mass is 10.1. The van der Waals surface area contributed by atoms with Crippen LogP contribution in [0.15, 0.2) is 70.5 Å². The summed E-state index contributed by atoms with van der Waals surface area (Å²) < 4.78 is 10.9. The minimum atomic E-state index is -0.177. The van der Waals surface area contributed by atoms with Crippen LogP contribution in [0.1, 0.15) is 0 Å². The highest BCUT2D eigenvalue weighted by Crippen LogP contribution is 2.34. The lowest BCUT2D eigenvalue weighted by Crippen LogP contribution is -2.36. The number of fused-ring (bicyclic) bond motifs is 1. The number of pyridine rings is 2. The number of nitrogens with zero attached hydrogens (tertiary/aromatic N) is 2. The number of aromatic amines is 1. The molecule has 0 atom stereocenters. The molecule has 8 heteroatoms. The SMILES string of the molecule is COc1ccc(-c2cc3cc[nH]c(=O)c3c(Nc3ccc(N4CCOCC4)cc3)n2)cc1SC. The molecule has 7 nitrogen and oxygen atoms in total. The third kappa shape index (κ3) is 4.47. The average Bonchev–Trinajstić information content (AvgIpc) is 2.89. The summed E-state index contributed by atoms with van der Waals surface area (Å²) in [5.41, 5.74) is 3.58. The molecule has 1 aliphatic rings. The second kappa shape index (κ2) is 9.79. The zero-order valence-corrected chi connectivity index (χ0v) is 19.9. The van der Waals surface area contributed by atoms with Crippen LogP contribution >= 0.6 is 11.8 Å². The number of aromatic nitrogens is 2. The first-order chi connectivity index (χ1) is 16.7. The molecule has 5 rings (SSSR count). The molecule has 2 N–H and O–H groups in total. The van der Waals surface area contributed by atoms with Gasteiger partial charge in [0, 0.05) is 41.1 Å². The molecule has 2 aromatic heterocycles. The van der Waals surface area contributed by atoms with Crippen LogP contribution in [0.2, 0.25) is 0 Å². The molecule has 0 spiro atoms. The fraction of sp³-hybridized carbons (Fsp3) is 0.231. The van der Waals surface area contributed by atoms with Gasteiger partial charge in [0.05, 0.1) is 31.4 Å². The van der Waals surface area contributed by atoms with Gasteiger partial charge in [-0.25, -0.2) is 4.98 Å². The Labute approximate surface area is 202 Å². The van der Waals surface area contributed by atoms with E-state index in [1.165, 1.54) is 0 Å². The molecule has 0 unspecified atom stereocenters. The molecule has 0 bridgehead atoms. The molecule has 0 saturated carbocycles. The Balaban J connectivity index is 1.53. The highest BCUT2D eigenvalue weighted by Gasteiger charge is 2.14. The highest BCUT2D eigenvalue weighted by molar-refractivity contribution is 7.98. The third-order valence-electron chi connectivity index (χ3n) is 5.94. The van der Waals surface area contributed by atoms with E-state index in [-0.39, 0.29) is 5.56 Å². The van der Waals surface area contributed by atoms with Gasteiger partial charge >= 0.3 is 0 Å². The third-order valence-corrected chi connectivity index (χ3v) is 6.70. The summed E-state index contributed by atoms with van der Waals surface area (Å²) in [7, 11) is 1.67. The number of morpholine rings is 1. The van der Waals surface area contributed by atoms with Crippen molar-refractivity contribution in [3.05, 3.63) is 71.1 Å². The molecule has 1 aliphatic heterocycles. The van der Waals surface area contributed by atoms with Crippen LogP contribution in [0, 0.1) is 0 Å². The molecule has 3 heterocycles. The van der Waals surface area contributed by atoms with Crippen molar-refractivity contribution in [3.63, 3.8) is 0 Å². The van der Waals surface area contributed by atoms with Gasteiger partial charge in [-0.1, -0.05) is 0 Å². The first kappa shape index (κ1) is 22.3. The molecule has 0 amide bonds. The molecule has 1 fully saturated rings. The number of H-pyrrole nitrogens is 1. The smallest absolute Gasteiger partial charge is 0.259 e. The normalized spacial score (nSPS) is 13.8. The number of anilines is 3. The molecule has 0 radical (unpaired) electrons. The number of hydrogen-bond donors (Lipinski definition) is 2. The van der Waals surface area contributed by atoms with E-state index in [1.54, 1.807) is 25.1 Å². The molecule has 174 valence electrons. The zero-order chi connectivity index (χ0) is 23.5. The Hall–Kier alpha value is -3.49. The Morgan fingerprint density at radius 1 is 1.09 bits per heavy atom. The number of hydrogen-bond acceptors (Lipinski definition) is 7. The minimum absolute atomic E-state index is 0.177. The van der Waals surface area contributed by atoms with E-state index in [2.05, 4.69) is 33.4 Å². The number of benzene rings is 2. The summed E-state index contributed by atoms with van der Waals surface area (Å²) in [5, 5.41) is 4.73. The number of ether oxygens (including phenoxy) is 2. The number of rotatable bonds is 6. The van der Waals surface area contributed by atoms with Gasteiger partial charge in [0.1, 0.15) is 11.6 Å². The van der Waals surface area contributed by atoms with Crippen LogP contribution in [0.3, 0.4) is 0 Å². The fourth-order valence-corrected chi connectivity index (χ4v) is 4.76. The standard InChI is InChI=1S/C26H26N4O3S/c1-32-22-8-3-17(16-23(22)34-2)21-15-18-9-10-27-26(31)24(18)25(29-21)28-19-4-6-20(7-5-19)30-11-13-33-14-12-30/h3-10,15-16H,11-14H2,1-2H3,(H,27,31)(H,28,29). The minimum Gasteiger partial charge on any atom is -0.496 e. The monoisotopic (exact) mass is 474 g/mol. The van der Waals surface area contributed by atoms with E-state index in [9.17, 15) is 4.79 Å². The van der Waals surface area contributed by atoms with Crippen molar-refractivity contribution >= 4 is 39.7 Å². The van der Waals surface area contributed by atoms with Gasteiger partial charge in [0.2, 0.25) is 0 Å². The van der Waals surface area contributed by atoms with E-state index < -0.39 is 0 Å². The summed E-state index contributed by atoms with van der Waals surface area (Å²) in [6.45, 7) is 3.26. The van der Waals surface area contributed by atoms with Crippen LogP contribution in [0.25, 0.3) is 22.0 Å². The maximum atomic E-state index is 12.7. The predicted molar refractivity (Wildman–Crippen MR) is 139 cm³/mol. The lowest BCUT2D eigenvalue weighted by molar-refractivity contribution is 0.122. The summed E-state index contributed by atoms with van der Waals surface area (Å²) >= 11 is 1.62. The molecular formula is C26H26N4O3S. The maximum Gasteiger partial charge on any atom is 0.259 e. The van der Waals surface area contributed by atoms with Crippen molar-refractivity contribution < 1.29 is 9.47 Å². The summed E-state index contributed by atoms with van der Waals surface area (Å²) in [5.74, 6) is 1.35. The van der Waals surface area contributed by atoms with Gasteiger partial charge in [-0.3, -0.25) is 4.79 Å². The van der Waals surface area contributed by atoms with E-state index >= 15 is 0 Å². The van der Waals surface area contributed by atoms with E-state index in [0.717, 1.165) is 65.0 Å². The quantitative estimate of drug-likeness (QED) is 0.385. The second-order valence-corrected chi connectivity index (χ2v) is 8.82. The number of nitrogens with one attached hydrogen (secondary N) is 2. The van der Waals surface area contributed by atoms with Crippen LogP contribution in [-0.2, 0) is 4.74 Å². The first-order valence-electron chi connectivity index (χ1n) is 11.1. The van der Waals surface area contributed by atoms with Crippen LogP contribution in [-0.4, -0.2) is 49.6 Å². The van der Waals surface area contributed by atoms with Gasteiger partial charge in [-0.2, -0.15) is 0 Å². The Morgan fingerprint density at radius 3 is 2.62 bits per heavy atom. The predicted octanol–water partition coefficient (Wildman–Crippen LogP) is 4.90. The van der Waals surface area contributed by atoms with Crippen LogP contribution < -0.4 is 20.5 Å². The van der Waals surface area contributed by atoms with E-state index in [0.29, 0.717) is 11.2 Å². The summed E-state index contributed by atoms with van der Waals surface area (Å²) in [6, 6.07) is 18.0. The van der Waals surface area contributed by atoms with E-state index in [1.807, 2.05) is 42.7 Å². The average molecular weight is 475 g/mol. The van der Waals surface area contributed by atoms with Crippen LogP contribution in [0.4, 0.5) is 17.2 Å². The van der Waals surface area contributed by atoms with Crippen LogP contribution in [0.5, 0.6) is 5.75 Å². The second-order valence-electron chi connectivity index (χ2n) is 7.97. The fourth-order valence-electron chi connectivity index (χ4n) is 4.16.